The maximum Gasteiger partial charge on any atom is 0.251 e. The molecular formula is C20H22N2O4. The largest absolute Gasteiger partial charge is 0.486 e. The molecule has 2 aromatic rings. The number of carbonyl (C=O) groups excluding carboxylic acids is 2. The summed E-state index contributed by atoms with van der Waals surface area (Å²) in [6.45, 7) is 2.91. The Morgan fingerprint density at radius 3 is 2.58 bits per heavy atom. The summed E-state index contributed by atoms with van der Waals surface area (Å²) in [6.07, 6.45) is -0.0164. The van der Waals surface area contributed by atoms with Gasteiger partial charge in [0, 0.05) is 18.5 Å². The van der Waals surface area contributed by atoms with Crippen LogP contribution in [0, 0.1) is 6.92 Å². The van der Waals surface area contributed by atoms with Crippen molar-refractivity contribution in [2.45, 2.75) is 19.4 Å². The van der Waals surface area contributed by atoms with E-state index in [1.807, 2.05) is 49.4 Å². The van der Waals surface area contributed by atoms with E-state index in [-0.39, 0.29) is 30.9 Å². The van der Waals surface area contributed by atoms with E-state index in [0.29, 0.717) is 30.2 Å². The molecule has 0 aliphatic carbocycles. The van der Waals surface area contributed by atoms with Crippen LogP contribution >= 0.6 is 0 Å². The van der Waals surface area contributed by atoms with Crippen molar-refractivity contribution < 1.29 is 19.1 Å². The Balaban J connectivity index is 1.37. The minimum atomic E-state index is -0.226. The Hall–Kier alpha value is -3.02. The fraction of sp³-hybridized carbons (Fsp3) is 0.300. The first-order valence-electron chi connectivity index (χ1n) is 8.62. The van der Waals surface area contributed by atoms with Crippen molar-refractivity contribution in [3.8, 4) is 11.5 Å². The average Bonchev–Trinajstić information content (AvgIpc) is 2.66. The van der Waals surface area contributed by atoms with Gasteiger partial charge in [-0.15, -0.1) is 0 Å². The summed E-state index contributed by atoms with van der Waals surface area (Å²) >= 11 is 0. The predicted octanol–water partition coefficient (Wildman–Crippen LogP) is 2.07. The van der Waals surface area contributed by atoms with Gasteiger partial charge in [0.05, 0.1) is 6.54 Å². The number of carbonyl (C=O) groups is 2. The zero-order valence-corrected chi connectivity index (χ0v) is 14.7. The topological polar surface area (TPSA) is 76.7 Å². The number of aryl methyl sites for hydroxylation is 1. The lowest BCUT2D eigenvalue weighted by Crippen LogP contribution is -2.41. The van der Waals surface area contributed by atoms with Crippen LogP contribution < -0.4 is 20.1 Å². The second-order valence-corrected chi connectivity index (χ2v) is 6.12. The van der Waals surface area contributed by atoms with Crippen molar-refractivity contribution in [2.24, 2.45) is 0 Å². The number of rotatable bonds is 6. The summed E-state index contributed by atoms with van der Waals surface area (Å²) in [6, 6.07) is 14.8. The second kappa shape index (κ2) is 8.38. The highest BCUT2D eigenvalue weighted by molar-refractivity contribution is 5.95. The quantitative estimate of drug-likeness (QED) is 0.833. The third-order valence-corrected chi connectivity index (χ3v) is 4.12. The van der Waals surface area contributed by atoms with Crippen LogP contribution in [0.2, 0.25) is 0 Å². The first-order valence-corrected chi connectivity index (χ1v) is 8.62. The van der Waals surface area contributed by atoms with Crippen LogP contribution in [-0.2, 0) is 4.79 Å². The van der Waals surface area contributed by atoms with Crippen molar-refractivity contribution in [3.63, 3.8) is 0 Å². The lowest BCUT2D eigenvalue weighted by molar-refractivity contribution is -0.121. The summed E-state index contributed by atoms with van der Waals surface area (Å²) in [4.78, 5) is 24.0. The van der Waals surface area contributed by atoms with E-state index in [1.54, 1.807) is 6.07 Å². The molecule has 0 fully saturated rings. The number of hydrogen-bond acceptors (Lipinski definition) is 4. The molecule has 26 heavy (non-hydrogen) atoms. The number of ether oxygens (including phenoxy) is 2. The van der Waals surface area contributed by atoms with Crippen molar-refractivity contribution in [3.05, 3.63) is 59.7 Å². The van der Waals surface area contributed by atoms with Crippen LogP contribution in [0.15, 0.2) is 48.5 Å². The fourth-order valence-electron chi connectivity index (χ4n) is 2.69. The van der Waals surface area contributed by atoms with E-state index in [9.17, 15) is 9.59 Å². The van der Waals surface area contributed by atoms with Crippen molar-refractivity contribution in [1.29, 1.82) is 0 Å². The third-order valence-electron chi connectivity index (χ3n) is 4.12. The predicted molar refractivity (Wildman–Crippen MR) is 97.5 cm³/mol. The third kappa shape index (κ3) is 4.53. The van der Waals surface area contributed by atoms with Gasteiger partial charge in [0.2, 0.25) is 5.91 Å². The van der Waals surface area contributed by atoms with Gasteiger partial charge >= 0.3 is 0 Å². The number of fused-ring (bicyclic) bond motifs is 1. The minimum Gasteiger partial charge on any atom is -0.486 e. The Bertz CT molecular complexity index is 791. The molecule has 0 spiro atoms. The maximum absolute atomic E-state index is 12.1. The van der Waals surface area contributed by atoms with Gasteiger partial charge in [0.25, 0.3) is 5.91 Å². The first-order chi connectivity index (χ1) is 12.6. The molecule has 1 aliphatic heterocycles. The second-order valence-electron chi connectivity index (χ2n) is 6.12. The lowest BCUT2D eigenvalue weighted by atomic mass is 10.1. The van der Waals surface area contributed by atoms with Gasteiger partial charge in [-0.25, -0.2) is 0 Å². The molecule has 136 valence electrons. The van der Waals surface area contributed by atoms with E-state index >= 15 is 0 Å². The van der Waals surface area contributed by atoms with Crippen LogP contribution in [-0.4, -0.2) is 37.6 Å². The summed E-state index contributed by atoms with van der Waals surface area (Å²) < 4.78 is 11.4. The monoisotopic (exact) mass is 354 g/mol. The zero-order valence-electron chi connectivity index (χ0n) is 14.7. The lowest BCUT2D eigenvalue weighted by Gasteiger charge is -2.26. The van der Waals surface area contributed by atoms with E-state index in [2.05, 4.69) is 10.6 Å². The van der Waals surface area contributed by atoms with Crippen LogP contribution in [0.5, 0.6) is 11.5 Å². The van der Waals surface area contributed by atoms with E-state index in [0.717, 1.165) is 5.56 Å². The minimum absolute atomic E-state index is 0.141. The van der Waals surface area contributed by atoms with Gasteiger partial charge < -0.3 is 20.1 Å². The maximum atomic E-state index is 12.1. The Labute approximate surface area is 152 Å². The smallest absolute Gasteiger partial charge is 0.251 e. The Morgan fingerprint density at radius 1 is 1.04 bits per heavy atom. The highest BCUT2D eigenvalue weighted by Crippen LogP contribution is 2.30. The number of nitrogens with one attached hydrogen (secondary N) is 2. The van der Waals surface area contributed by atoms with Crippen molar-refractivity contribution >= 4 is 11.8 Å². The fourth-order valence-corrected chi connectivity index (χ4v) is 2.69. The molecule has 2 aromatic carbocycles. The zero-order chi connectivity index (χ0) is 18.4. The first kappa shape index (κ1) is 17.8. The van der Waals surface area contributed by atoms with Crippen LogP contribution in [0.4, 0.5) is 0 Å². The highest BCUT2D eigenvalue weighted by atomic mass is 16.6. The average molecular weight is 354 g/mol. The molecule has 6 nitrogen and oxygen atoms in total. The summed E-state index contributed by atoms with van der Waals surface area (Å²) in [5.74, 6) is 1.09. The van der Waals surface area contributed by atoms with E-state index in [4.69, 9.17) is 9.47 Å². The SMILES string of the molecule is Cc1ccccc1C(=O)NCCC(=O)NCC1COc2ccccc2O1. The highest BCUT2D eigenvalue weighted by Gasteiger charge is 2.21. The number of amides is 2. The van der Waals surface area contributed by atoms with E-state index in [1.165, 1.54) is 0 Å². The molecule has 1 unspecified atom stereocenters. The summed E-state index contributed by atoms with van der Waals surface area (Å²) in [5, 5.41) is 5.58. The normalized spacial score (nSPS) is 15.2. The Kier molecular flexibility index (Phi) is 5.73. The number of benzene rings is 2. The molecular weight excluding hydrogens is 332 g/mol. The van der Waals surface area contributed by atoms with Crippen molar-refractivity contribution in [2.75, 3.05) is 19.7 Å². The molecule has 0 saturated heterocycles. The van der Waals surface area contributed by atoms with Crippen LogP contribution in [0.3, 0.4) is 0 Å². The van der Waals surface area contributed by atoms with Gasteiger partial charge in [-0.1, -0.05) is 30.3 Å². The summed E-state index contributed by atoms with van der Waals surface area (Å²) in [5.41, 5.74) is 1.53. The molecule has 1 atom stereocenters. The van der Waals surface area contributed by atoms with Gasteiger partial charge in [-0.2, -0.15) is 0 Å². The van der Waals surface area contributed by atoms with E-state index < -0.39 is 0 Å². The number of para-hydroxylation sites is 2. The standard InChI is InChI=1S/C20H22N2O4/c1-14-6-2-3-7-16(14)20(24)21-11-10-19(23)22-12-15-13-25-17-8-4-5-9-18(17)26-15/h2-9,15H,10-13H2,1H3,(H,21,24)(H,22,23). The molecule has 0 aromatic heterocycles. The van der Waals surface area contributed by atoms with Gasteiger partial charge in [-0.05, 0) is 30.7 Å². The molecule has 1 aliphatic rings. The Morgan fingerprint density at radius 2 is 1.77 bits per heavy atom. The molecule has 2 amide bonds. The molecule has 0 saturated carbocycles. The van der Waals surface area contributed by atoms with Crippen LogP contribution in [0.25, 0.3) is 0 Å². The molecule has 0 bridgehead atoms. The van der Waals surface area contributed by atoms with Crippen LogP contribution in [0.1, 0.15) is 22.3 Å². The molecule has 2 N–H and O–H groups in total. The van der Waals surface area contributed by atoms with Gasteiger partial charge in [-0.3, -0.25) is 9.59 Å². The number of hydrogen-bond donors (Lipinski definition) is 2. The van der Waals surface area contributed by atoms with Crippen molar-refractivity contribution in [1.82, 2.24) is 10.6 Å². The molecule has 1 heterocycles. The van der Waals surface area contributed by atoms with Gasteiger partial charge in [0.15, 0.2) is 11.5 Å². The molecule has 0 radical (unpaired) electrons. The molecule has 3 rings (SSSR count). The summed E-state index contributed by atoms with van der Waals surface area (Å²) in [7, 11) is 0. The van der Waals surface area contributed by atoms with Gasteiger partial charge in [0.1, 0.15) is 12.7 Å². The molecule has 6 heteroatoms.